The molecular weight excluding hydrogens is 402 g/mol. The van der Waals surface area contributed by atoms with Gasteiger partial charge in [-0.2, -0.15) is 0 Å². The maximum absolute atomic E-state index is 13.5. The smallest absolute Gasteiger partial charge is 0.180 e. The molecule has 6 nitrogen and oxygen atoms in total. The third-order valence-electron chi connectivity index (χ3n) is 5.61. The molecule has 0 spiro atoms. The number of hydrogen-bond acceptors (Lipinski definition) is 6. The van der Waals surface area contributed by atoms with Gasteiger partial charge in [-0.25, -0.2) is 13.8 Å². The van der Waals surface area contributed by atoms with Crippen molar-refractivity contribution < 1.29 is 18.3 Å². The number of benzene rings is 2. The van der Waals surface area contributed by atoms with Crippen LogP contribution in [0.15, 0.2) is 42.6 Å². The molecule has 31 heavy (non-hydrogen) atoms. The van der Waals surface area contributed by atoms with Crippen LogP contribution in [0, 0.1) is 11.6 Å². The molecule has 1 aromatic heterocycles. The number of rotatable bonds is 7. The molecule has 0 bridgehead atoms. The highest BCUT2D eigenvalue weighted by atomic mass is 19.2. The average molecular weight is 426 g/mol. The number of carbonyl (C=O) groups excluding carboxylic acids is 1. The first-order valence-corrected chi connectivity index (χ1v) is 10.3. The summed E-state index contributed by atoms with van der Waals surface area (Å²) in [6, 6.07) is 9.47. The fourth-order valence-electron chi connectivity index (χ4n) is 3.96. The Labute approximate surface area is 179 Å². The van der Waals surface area contributed by atoms with Gasteiger partial charge in [0.2, 0.25) is 0 Å². The summed E-state index contributed by atoms with van der Waals surface area (Å²) >= 11 is 0. The van der Waals surface area contributed by atoms with Crippen molar-refractivity contribution in [2.75, 3.05) is 32.1 Å². The van der Waals surface area contributed by atoms with Gasteiger partial charge in [-0.1, -0.05) is 18.6 Å². The molecule has 0 saturated carbocycles. The monoisotopic (exact) mass is 426 g/mol. The zero-order valence-corrected chi connectivity index (χ0v) is 17.3. The fourth-order valence-corrected chi connectivity index (χ4v) is 3.96. The normalized spacial score (nSPS) is 16.9. The van der Waals surface area contributed by atoms with Crippen molar-refractivity contribution in [3.05, 3.63) is 59.8 Å². The van der Waals surface area contributed by atoms with Crippen LogP contribution in [0.1, 0.15) is 29.6 Å². The van der Waals surface area contributed by atoms with Crippen molar-refractivity contribution in [3.63, 3.8) is 0 Å². The molecular formula is C23H24F2N4O2. The quantitative estimate of drug-likeness (QED) is 0.575. The van der Waals surface area contributed by atoms with Crippen LogP contribution in [0.4, 0.5) is 14.6 Å². The van der Waals surface area contributed by atoms with E-state index in [1.807, 2.05) is 12.1 Å². The molecule has 2 aromatic carbocycles. The van der Waals surface area contributed by atoms with E-state index in [2.05, 4.69) is 20.2 Å². The Kier molecular flexibility index (Phi) is 6.36. The van der Waals surface area contributed by atoms with Gasteiger partial charge in [-0.15, -0.1) is 0 Å². The van der Waals surface area contributed by atoms with E-state index >= 15 is 0 Å². The van der Waals surface area contributed by atoms with E-state index in [4.69, 9.17) is 4.74 Å². The third kappa shape index (κ3) is 4.80. The molecule has 2 heterocycles. The molecule has 1 aliphatic heterocycles. The molecule has 1 fully saturated rings. The Bertz CT molecular complexity index is 1090. The molecule has 162 valence electrons. The summed E-state index contributed by atoms with van der Waals surface area (Å²) in [5.41, 5.74) is 1.17. The maximum Gasteiger partial charge on any atom is 0.180 e. The molecule has 0 unspecified atom stereocenters. The summed E-state index contributed by atoms with van der Waals surface area (Å²) < 4.78 is 32.2. The Morgan fingerprint density at radius 2 is 1.97 bits per heavy atom. The summed E-state index contributed by atoms with van der Waals surface area (Å²) in [6.07, 6.45) is 4.58. The van der Waals surface area contributed by atoms with Crippen molar-refractivity contribution in [2.24, 2.45) is 0 Å². The van der Waals surface area contributed by atoms with Crippen LogP contribution in [-0.4, -0.2) is 53.4 Å². The lowest BCUT2D eigenvalue weighted by Crippen LogP contribution is -2.46. The maximum atomic E-state index is 13.5. The molecule has 1 atom stereocenters. The number of carbonyl (C=O) groups is 1. The Morgan fingerprint density at radius 1 is 1.19 bits per heavy atom. The number of nitrogens with zero attached hydrogens (tertiary/aromatic N) is 3. The van der Waals surface area contributed by atoms with Crippen LogP contribution >= 0.6 is 0 Å². The van der Waals surface area contributed by atoms with Crippen LogP contribution in [0.2, 0.25) is 0 Å². The zero-order chi connectivity index (χ0) is 21.8. The van der Waals surface area contributed by atoms with Gasteiger partial charge in [0.25, 0.3) is 0 Å². The lowest BCUT2D eigenvalue weighted by Gasteiger charge is -2.35. The number of nitrogens with one attached hydrogen (secondary N) is 1. The van der Waals surface area contributed by atoms with Crippen molar-refractivity contribution in [1.82, 2.24) is 14.9 Å². The van der Waals surface area contributed by atoms with Crippen LogP contribution in [0.5, 0.6) is 5.75 Å². The first-order chi connectivity index (χ1) is 15.0. The van der Waals surface area contributed by atoms with Crippen molar-refractivity contribution in [3.8, 4) is 5.75 Å². The van der Waals surface area contributed by atoms with E-state index in [0.717, 1.165) is 37.9 Å². The highest BCUT2D eigenvalue weighted by Crippen LogP contribution is 2.22. The van der Waals surface area contributed by atoms with Crippen LogP contribution in [0.25, 0.3) is 11.0 Å². The number of Topliss-reactive ketones (excluding diaryl/α,β-unsaturated/α-hetero) is 1. The SMILES string of the molecule is COc1ccccc1C(=O)CN1CCCC[C@H]1CNc1cnc2cc(F)c(F)cc2n1. The van der Waals surface area contributed by atoms with E-state index < -0.39 is 11.6 Å². The van der Waals surface area contributed by atoms with Crippen LogP contribution < -0.4 is 10.1 Å². The van der Waals surface area contributed by atoms with E-state index in [1.54, 1.807) is 19.2 Å². The van der Waals surface area contributed by atoms with Crippen molar-refractivity contribution in [1.29, 1.82) is 0 Å². The predicted molar refractivity (Wildman–Crippen MR) is 114 cm³/mol. The molecule has 0 amide bonds. The summed E-state index contributed by atoms with van der Waals surface area (Å²) in [6.45, 7) is 1.71. The Morgan fingerprint density at radius 3 is 2.77 bits per heavy atom. The Balaban J connectivity index is 1.44. The fraction of sp³-hybridized carbons (Fsp3) is 0.348. The average Bonchev–Trinajstić information content (AvgIpc) is 2.79. The standard InChI is InChI=1S/C23H24F2N4O2/c1-31-22-8-3-2-7-16(22)21(30)14-29-9-5-4-6-15(29)12-27-23-13-26-19-10-17(24)18(25)11-20(19)28-23/h2-3,7-8,10-11,13,15H,4-6,9,12,14H2,1H3,(H,27,28)/t15-/m0/s1. The molecule has 1 N–H and O–H groups in total. The minimum atomic E-state index is -0.952. The topological polar surface area (TPSA) is 67.3 Å². The van der Waals surface area contributed by atoms with Crippen LogP contribution in [0.3, 0.4) is 0 Å². The molecule has 4 rings (SSSR count). The second kappa shape index (κ2) is 9.34. The van der Waals surface area contributed by atoms with E-state index in [-0.39, 0.29) is 17.3 Å². The lowest BCUT2D eigenvalue weighted by molar-refractivity contribution is 0.0852. The number of methoxy groups -OCH3 is 1. The van der Waals surface area contributed by atoms with E-state index in [0.29, 0.717) is 35.7 Å². The largest absolute Gasteiger partial charge is 0.496 e. The molecule has 1 saturated heterocycles. The van der Waals surface area contributed by atoms with Gasteiger partial charge in [-0.05, 0) is 31.5 Å². The van der Waals surface area contributed by atoms with Crippen molar-refractivity contribution >= 4 is 22.6 Å². The molecule has 3 aromatic rings. The Hall–Kier alpha value is -3.13. The number of hydrogen-bond donors (Lipinski definition) is 1. The van der Waals surface area contributed by atoms with Gasteiger partial charge in [-0.3, -0.25) is 14.7 Å². The second-order valence-corrected chi connectivity index (χ2v) is 7.63. The van der Waals surface area contributed by atoms with Gasteiger partial charge in [0.05, 0.1) is 36.4 Å². The molecule has 0 radical (unpaired) electrons. The first-order valence-electron chi connectivity index (χ1n) is 10.3. The molecule has 8 heteroatoms. The first kappa shape index (κ1) is 21.1. The van der Waals surface area contributed by atoms with Gasteiger partial charge in [0.15, 0.2) is 17.4 Å². The summed E-state index contributed by atoms with van der Waals surface area (Å²) in [4.78, 5) is 23.6. The summed E-state index contributed by atoms with van der Waals surface area (Å²) in [7, 11) is 1.56. The molecule has 0 aliphatic carbocycles. The van der Waals surface area contributed by atoms with Gasteiger partial charge >= 0.3 is 0 Å². The van der Waals surface area contributed by atoms with E-state index in [9.17, 15) is 13.6 Å². The van der Waals surface area contributed by atoms with Crippen LogP contribution in [-0.2, 0) is 0 Å². The number of ketones is 1. The van der Waals surface area contributed by atoms with Crippen molar-refractivity contribution in [2.45, 2.75) is 25.3 Å². The highest BCUT2D eigenvalue weighted by molar-refractivity contribution is 6.00. The number of piperidine rings is 1. The minimum absolute atomic E-state index is 0.0207. The number of likely N-dealkylation sites (tertiary alicyclic amines) is 1. The number of halogens is 2. The number of fused-ring (bicyclic) bond motifs is 1. The summed E-state index contributed by atoms with van der Waals surface area (Å²) in [5, 5.41) is 3.24. The second-order valence-electron chi connectivity index (χ2n) is 7.63. The molecule has 1 aliphatic rings. The minimum Gasteiger partial charge on any atom is -0.496 e. The third-order valence-corrected chi connectivity index (χ3v) is 5.61. The van der Waals surface area contributed by atoms with E-state index in [1.165, 1.54) is 6.20 Å². The lowest BCUT2D eigenvalue weighted by atomic mass is 10.0. The number of anilines is 1. The zero-order valence-electron chi connectivity index (χ0n) is 17.3. The van der Waals surface area contributed by atoms with Gasteiger partial charge in [0, 0.05) is 24.7 Å². The number of ether oxygens (including phenoxy) is 1. The summed E-state index contributed by atoms with van der Waals surface area (Å²) in [5.74, 6) is -0.811. The number of para-hydroxylation sites is 1. The number of aromatic nitrogens is 2. The highest BCUT2D eigenvalue weighted by Gasteiger charge is 2.25. The van der Waals surface area contributed by atoms with Gasteiger partial charge < -0.3 is 10.1 Å². The van der Waals surface area contributed by atoms with Gasteiger partial charge in [0.1, 0.15) is 11.6 Å². The predicted octanol–water partition coefficient (Wildman–Crippen LogP) is 4.07.